The van der Waals surface area contributed by atoms with Crippen LogP contribution in [0.25, 0.3) is 0 Å². The number of hydrogen-bond donors (Lipinski definition) is 1. The van der Waals surface area contributed by atoms with E-state index in [1.165, 1.54) is 0 Å². The first kappa shape index (κ1) is 13.0. The Morgan fingerprint density at radius 3 is 2.94 bits per heavy atom. The fourth-order valence-electron chi connectivity index (χ4n) is 1.81. The zero-order valence-corrected chi connectivity index (χ0v) is 10.9. The van der Waals surface area contributed by atoms with Gasteiger partial charge in [0.15, 0.2) is 0 Å². The zero-order chi connectivity index (χ0) is 13.1. The minimum atomic E-state index is -0.468. The monoisotopic (exact) mass is 283 g/mol. The lowest BCUT2D eigenvalue weighted by Crippen LogP contribution is -2.19. The largest absolute Gasteiger partial charge is 0.464 e. The Morgan fingerprint density at radius 1 is 1.44 bits per heavy atom. The number of esters is 1. The molecule has 18 heavy (non-hydrogen) atoms. The second-order valence-electron chi connectivity index (χ2n) is 3.73. The number of rotatable bonds is 4. The van der Waals surface area contributed by atoms with Gasteiger partial charge in [0.25, 0.3) is 5.91 Å². The van der Waals surface area contributed by atoms with E-state index in [-0.39, 0.29) is 18.4 Å². The highest BCUT2D eigenvalue weighted by Crippen LogP contribution is 2.21. The van der Waals surface area contributed by atoms with Gasteiger partial charge in [0, 0.05) is 12.0 Å². The first-order valence-electron chi connectivity index (χ1n) is 5.32. The molecule has 2 rings (SSSR count). The van der Waals surface area contributed by atoms with E-state index in [1.807, 2.05) is 12.1 Å². The van der Waals surface area contributed by atoms with E-state index in [2.05, 4.69) is 5.32 Å². The molecule has 4 nitrogen and oxygen atoms in total. The van der Waals surface area contributed by atoms with Crippen LogP contribution in [0.2, 0.25) is 0 Å². The van der Waals surface area contributed by atoms with Crippen LogP contribution >= 0.6 is 23.8 Å². The molecular weight excluding hydrogens is 274 g/mol. The van der Waals surface area contributed by atoms with Crippen molar-refractivity contribution in [2.24, 2.45) is 0 Å². The molecular formula is C12H10ClNO3S. The number of carbonyl (C=O) groups is 2. The van der Waals surface area contributed by atoms with Crippen LogP contribution in [0.5, 0.6) is 0 Å². The Labute approximate surface area is 114 Å². The molecule has 1 aliphatic heterocycles. The van der Waals surface area contributed by atoms with E-state index in [9.17, 15) is 9.59 Å². The van der Waals surface area contributed by atoms with Crippen LogP contribution in [0.15, 0.2) is 18.2 Å². The average Bonchev–Trinajstić information content (AvgIpc) is 2.66. The molecule has 0 bridgehead atoms. The number of thiocarbonyl (C=S) groups is 1. The van der Waals surface area contributed by atoms with Crippen molar-refractivity contribution < 1.29 is 14.3 Å². The number of amides is 1. The summed E-state index contributed by atoms with van der Waals surface area (Å²) in [5.41, 5.74) is 2.12. The average molecular weight is 284 g/mol. The van der Waals surface area contributed by atoms with Gasteiger partial charge < -0.3 is 10.1 Å². The van der Waals surface area contributed by atoms with Crippen molar-refractivity contribution in [1.82, 2.24) is 5.32 Å². The van der Waals surface area contributed by atoms with Crippen LogP contribution < -0.4 is 5.32 Å². The molecule has 0 aliphatic carbocycles. The summed E-state index contributed by atoms with van der Waals surface area (Å²) in [7, 11) is 0. The molecule has 0 fully saturated rings. The van der Waals surface area contributed by atoms with E-state index in [0.717, 1.165) is 11.1 Å². The number of fused-ring (bicyclic) bond motifs is 1. The van der Waals surface area contributed by atoms with Crippen LogP contribution in [0.4, 0.5) is 0 Å². The van der Waals surface area contributed by atoms with Gasteiger partial charge in [-0.15, -0.1) is 11.6 Å². The number of hydrogen-bond acceptors (Lipinski definition) is 4. The Bertz CT molecular complexity index is 530. The van der Waals surface area contributed by atoms with E-state index in [0.29, 0.717) is 17.0 Å². The molecule has 0 saturated carbocycles. The summed E-state index contributed by atoms with van der Waals surface area (Å²) in [6.07, 6.45) is 0.460. The third-order valence-corrected chi connectivity index (χ3v) is 3.13. The second kappa shape index (κ2) is 5.46. The Hall–Kier alpha value is -1.46. The summed E-state index contributed by atoms with van der Waals surface area (Å²) >= 11 is 10.4. The maximum atomic E-state index is 11.7. The molecule has 0 atom stereocenters. The molecule has 0 saturated heterocycles. The first-order valence-corrected chi connectivity index (χ1v) is 6.27. The zero-order valence-electron chi connectivity index (χ0n) is 9.36. The van der Waals surface area contributed by atoms with Crippen molar-refractivity contribution in [3.05, 3.63) is 34.9 Å². The van der Waals surface area contributed by atoms with Gasteiger partial charge in [0.2, 0.25) is 0 Å². The molecule has 1 aromatic carbocycles. The number of halogens is 1. The van der Waals surface area contributed by atoms with Crippen molar-refractivity contribution in [2.45, 2.75) is 6.42 Å². The highest BCUT2D eigenvalue weighted by molar-refractivity contribution is 7.80. The Balaban J connectivity index is 2.13. The van der Waals surface area contributed by atoms with Gasteiger partial charge in [0.05, 0.1) is 12.2 Å². The number of alkyl halides is 1. The topological polar surface area (TPSA) is 55.4 Å². The summed E-state index contributed by atoms with van der Waals surface area (Å²) in [4.78, 5) is 23.1. The highest BCUT2D eigenvalue weighted by Gasteiger charge is 2.26. The van der Waals surface area contributed by atoms with E-state index < -0.39 is 5.97 Å². The van der Waals surface area contributed by atoms with Crippen LogP contribution in [0, 0.1) is 0 Å². The number of ether oxygens (including phenoxy) is 1. The summed E-state index contributed by atoms with van der Waals surface area (Å²) < 4.78 is 4.88. The minimum absolute atomic E-state index is 0.169. The van der Waals surface area contributed by atoms with Gasteiger partial charge >= 0.3 is 5.97 Å². The molecule has 0 unspecified atom stereocenters. The summed E-state index contributed by atoms with van der Waals surface area (Å²) in [5.74, 6) is -0.837. The fraction of sp³-hybridized carbons (Fsp3) is 0.250. The molecule has 6 heteroatoms. The van der Waals surface area contributed by atoms with Gasteiger partial charge in [-0.25, -0.2) is 0 Å². The predicted molar refractivity (Wildman–Crippen MR) is 71.0 cm³/mol. The number of nitrogens with one attached hydrogen (secondary N) is 1. The van der Waals surface area contributed by atoms with Gasteiger partial charge in [-0.2, -0.15) is 0 Å². The Morgan fingerprint density at radius 2 is 2.22 bits per heavy atom. The standard InChI is InChI=1S/C12H10ClNO3S/c13-6-9(15)17-5-4-7-2-1-3-8-10(7)11(16)14-12(8)18/h1-3H,4-6H2,(H,14,16,18). The van der Waals surface area contributed by atoms with Crippen molar-refractivity contribution in [3.63, 3.8) is 0 Å². The quantitative estimate of drug-likeness (QED) is 0.516. The summed E-state index contributed by atoms with van der Waals surface area (Å²) in [6.45, 7) is 0.196. The van der Waals surface area contributed by atoms with Gasteiger partial charge in [-0.05, 0) is 5.56 Å². The molecule has 1 amide bonds. The van der Waals surface area contributed by atoms with Gasteiger partial charge in [-0.1, -0.05) is 30.4 Å². The summed E-state index contributed by atoms with van der Waals surface area (Å²) in [5, 5.41) is 2.60. The molecule has 0 spiro atoms. The molecule has 1 heterocycles. The summed E-state index contributed by atoms with van der Waals surface area (Å²) in [6, 6.07) is 5.44. The van der Waals surface area contributed by atoms with E-state index >= 15 is 0 Å². The van der Waals surface area contributed by atoms with Crippen molar-refractivity contribution in [2.75, 3.05) is 12.5 Å². The van der Waals surface area contributed by atoms with Crippen LogP contribution in [0.1, 0.15) is 21.5 Å². The van der Waals surface area contributed by atoms with Crippen molar-refractivity contribution in [1.29, 1.82) is 0 Å². The fourth-order valence-corrected chi connectivity index (χ4v) is 2.15. The normalized spacial score (nSPS) is 13.2. The smallest absolute Gasteiger partial charge is 0.320 e. The number of benzene rings is 1. The molecule has 0 radical (unpaired) electrons. The lowest BCUT2D eigenvalue weighted by atomic mass is 10.0. The van der Waals surface area contributed by atoms with Crippen molar-refractivity contribution in [3.8, 4) is 0 Å². The molecule has 1 aromatic rings. The third kappa shape index (κ3) is 2.52. The SMILES string of the molecule is O=C(CCl)OCCc1cccc2c1C(=O)NC2=S. The lowest BCUT2D eigenvalue weighted by Gasteiger charge is -2.06. The predicted octanol–water partition coefficient (Wildman–Crippen LogP) is 1.43. The molecule has 94 valence electrons. The van der Waals surface area contributed by atoms with Gasteiger partial charge in [0.1, 0.15) is 10.9 Å². The maximum Gasteiger partial charge on any atom is 0.320 e. The van der Waals surface area contributed by atoms with E-state index in [1.54, 1.807) is 6.07 Å². The van der Waals surface area contributed by atoms with Crippen LogP contribution in [-0.4, -0.2) is 29.4 Å². The third-order valence-electron chi connectivity index (χ3n) is 2.59. The van der Waals surface area contributed by atoms with Crippen molar-refractivity contribution >= 4 is 40.7 Å². The van der Waals surface area contributed by atoms with Gasteiger partial charge in [-0.3, -0.25) is 9.59 Å². The molecule has 0 aromatic heterocycles. The maximum absolute atomic E-state index is 11.7. The van der Waals surface area contributed by atoms with Crippen LogP contribution in [0.3, 0.4) is 0 Å². The molecule has 1 N–H and O–H groups in total. The highest BCUT2D eigenvalue weighted by atomic mass is 35.5. The second-order valence-corrected chi connectivity index (χ2v) is 4.40. The van der Waals surface area contributed by atoms with E-state index in [4.69, 9.17) is 28.6 Å². The molecule has 1 aliphatic rings. The van der Waals surface area contributed by atoms with Crippen LogP contribution in [-0.2, 0) is 16.0 Å². The first-order chi connectivity index (χ1) is 8.63. The number of carbonyl (C=O) groups excluding carboxylic acids is 2. The Kier molecular flexibility index (Phi) is 3.93. The minimum Gasteiger partial charge on any atom is -0.464 e. The lowest BCUT2D eigenvalue weighted by molar-refractivity contribution is -0.140.